The summed E-state index contributed by atoms with van der Waals surface area (Å²) in [6, 6.07) is 7.81. The number of carbonyl (C=O) groups is 1. The number of aromatic nitrogens is 2. The van der Waals surface area contributed by atoms with E-state index in [2.05, 4.69) is 10.4 Å². The standard InChI is InChI=1S/C21H25N5O4S/c1-15-16(2)24-26(21(28)19(15)13-22)14-20(27)23-17-7-9-18(10-8-17)31(29,30)25-11-5-3-4-6-12-25/h7-10H,3-6,11-12,14H2,1-2H3,(H,23,27). The Morgan fingerprint density at radius 1 is 1.13 bits per heavy atom. The Kier molecular flexibility index (Phi) is 6.87. The largest absolute Gasteiger partial charge is 0.324 e. The molecule has 10 heteroatoms. The number of hydrogen-bond acceptors (Lipinski definition) is 6. The molecule has 0 bridgehead atoms. The number of nitriles is 1. The number of rotatable bonds is 5. The molecule has 9 nitrogen and oxygen atoms in total. The van der Waals surface area contributed by atoms with Gasteiger partial charge in [-0.1, -0.05) is 12.8 Å². The second-order valence-corrected chi connectivity index (χ2v) is 9.49. The predicted molar refractivity (Wildman–Crippen MR) is 115 cm³/mol. The molecule has 1 aliphatic rings. The normalized spacial score (nSPS) is 15.1. The van der Waals surface area contributed by atoms with E-state index in [1.165, 1.54) is 28.6 Å². The summed E-state index contributed by atoms with van der Waals surface area (Å²) in [5, 5.41) is 15.9. The zero-order valence-electron chi connectivity index (χ0n) is 17.6. The minimum atomic E-state index is -3.57. The molecule has 0 radical (unpaired) electrons. The quantitative estimate of drug-likeness (QED) is 0.753. The summed E-state index contributed by atoms with van der Waals surface area (Å²) >= 11 is 0. The lowest BCUT2D eigenvalue weighted by Gasteiger charge is -2.20. The minimum Gasteiger partial charge on any atom is -0.324 e. The molecule has 1 aromatic carbocycles. The first-order valence-electron chi connectivity index (χ1n) is 10.1. The Labute approximate surface area is 181 Å². The van der Waals surface area contributed by atoms with E-state index in [0.29, 0.717) is 30.0 Å². The summed E-state index contributed by atoms with van der Waals surface area (Å²) in [5.74, 6) is -0.509. The maximum atomic E-state index is 12.8. The van der Waals surface area contributed by atoms with Crippen molar-refractivity contribution in [2.75, 3.05) is 18.4 Å². The van der Waals surface area contributed by atoms with Crippen LogP contribution in [-0.4, -0.2) is 41.5 Å². The van der Waals surface area contributed by atoms with Crippen molar-refractivity contribution >= 4 is 21.6 Å². The maximum Gasteiger partial charge on any atom is 0.285 e. The highest BCUT2D eigenvalue weighted by Crippen LogP contribution is 2.21. The van der Waals surface area contributed by atoms with E-state index in [-0.39, 0.29) is 17.0 Å². The summed E-state index contributed by atoms with van der Waals surface area (Å²) in [5.41, 5.74) is 0.720. The van der Waals surface area contributed by atoms with E-state index >= 15 is 0 Å². The van der Waals surface area contributed by atoms with Crippen LogP contribution in [0.4, 0.5) is 5.69 Å². The number of hydrogen-bond donors (Lipinski definition) is 1. The van der Waals surface area contributed by atoms with Gasteiger partial charge in [-0.05, 0) is 56.5 Å². The van der Waals surface area contributed by atoms with Gasteiger partial charge in [0, 0.05) is 18.8 Å². The van der Waals surface area contributed by atoms with Crippen molar-refractivity contribution < 1.29 is 13.2 Å². The van der Waals surface area contributed by atoms with Crippen LogP contribution in [0.2, 0.25) is 0 Å². The highest BCUT2D eigenvalue weighted by Gasteiger charge is 2.25. The monoisotopic (exact) mass is 443 g/mol. The van der Waals surface area contributed by atoms with E-state index in [0.717, 1.165) is 30.4 Å². The number of anilines is 1. The second-order valence-electron chi connectivity index (χ2n) is 7.55. The third-order valence-corrected chi connectivity index (χ3v) is 7.30. The lowest BCUT2D eigenvalue weighted by atomic mass is 10.1. The molecule has 164 valence electrons. The van der Waals surface area contributed by atoms with Gasteiger partial charge in [-0.15, -0.1) is 0 Å². The Bertz CT molecular complexity index is 1170. The minimum absolute atomic E-state index is 0.0385. The molecule has 0 saturated carbocycles. The molecular formula is C21H25N5O4S. The molecule has 1 fully saturated rings. The Hall–Kier alpha value is -3.03. The van der Waals surface area contributed by atoms with Crippen LogP contribution in [0.5, 0.6) is 0 Å². The van der Waals surface area contributed by atoms with Crippen LogP contribution in [0.1, 0.15) is 42.5 Å². The summed E-state index contributed by atoms with van der Waals surface area (Å²) < 4.78 is 28.1. The lowest BCUT2D eigenvalue weighted by molar-refractivity contribution is -0.117. The molecule has 1 aromatic heterocycles. The molecule has 31 heavy (non-hydrogen) atoms. The Morgan fingerprint density at radius 3 is 2.32 bits per heavy atom. The molecule has 0 aliphatic carbocycles. The van der Waals surface area contributed by atoms with Crippen molar-refractivity contribution in [1.29, 1.82) is 5.26 Å². The van der Waals surface area contributed by atoms with Crippen LogP contribution in [0.15, 0.2) is 34.0 Å². The topological polar surface area (TPSA) is 125 Å². The number of benzene rings is 1. The molecule has 0 spiro atoms. The van der Waals surface area contributed by atoms with Crippen molar-refractivity contribution in [2.24, 2.45) is 0 Å². The van der Waals surface area contributed by atoms with E-state index in [9.17, 15) is 23.3 Å². The van der Waals surface area contributed by atoms with Crippen LogP contribution in [-0.2, 0) is 21.4 Å². The van der Waals surface area contributed by atoms with Gasteiger partial charge < -0.3 is 5.32 Å². The summed E-state index contributed by atoms with van der Waals surface area (Å²) in [4.78, 5) is 24.9. The first kappa shape index (κ1) is 22.7. The van der Waals surface area contributed by atoms with Gasteiger partial charge >= 0.3 is 0 Å². The van der Waals surface area contributed by atoms with Crippen LogP contribution < -0.4 is 10.9 Å². The molecule has 1 N–H and O–H groups in total. The smallest absolute Gasteiger partial charge is 0.285 e. The third-order valence-electron chi connectivity index (χ3n) is 5.38. The fourth-order valence-electron chi connectivity index (χ4n) is 3.49. The van der Waals surface area contributed by atoms with E-state index in [1.807, 2.05) is 6.07 Å². The number of sulfonamides is 1. The third kappa shape index (κ3) is 5.00. The van der Waals surface area contributed by atoms with E-state index < -0.39 is 21.5 Å². The summed E-state index contributed by atoms with van der Waals surface area (Å²) in [7, 11) is -3.57. The van der Waals surface area contributed by atoms with Crippen LogP contribution in [0.25, 0.3) is 0 Å². The van der Waals surface area contributed by atoms with Crippen LogP contribution >= 0.6 is 0 Å². The fourth-order valence-corrected chi connectivity index (χ4v) is 5.01. The van der Waals surface area contributed by atoms with Crippen molar-refractivity contribution in [3.05, 3.63) is 51.4 Å². The van der Waals surface area contributed by atoms with Crippen molar-refractivity contribution in [1.82, 2.24) is 14.1 Å². The SMILES string of the molecule is Cc1nn(CC(=O)Nc2ccc(S(=O)(=O)N3CCCCCC3)cc2)c(=O)c(C#N)c1C. The second kappa shape index (κ2) is 9.41. The molecule has 2 heterocycles. The maximum absolute atomic E-state index is 12.8. The number of aryl methyl sites for hydroxylation is 1. The average Bonchev–Trinajstić information content (AvgIpc) is 3.03. The summed E-state index contributed by atoms with van der Waals surface area (Å²) in [6.07, 6.45) is 3.77. The molecular weight excluding hydrogens is 418 g/mol. The van der Waals surface area contributed by atoms with E-state index in [4.69, 9.17) is 0 Å². The molecule has 1 amide bonds. The average molecular weight is 444 g/mol. The van der Waals surface area contributed by atoms with Gasteiger partial charge in [0.2, 0.25) is 15.9 Å². The zero-order valence-corrected chi connectivity index (χ0v) is 18.4. The molecule has 3 rings (SSSR count). The van der Waals surface area contributed by atoms with Gasteiger partial charge in [-0.3, -0.25) is 9.59 Å². The zero-order chi connectivity index (χ0) is 22.6. The first-order valence-corrected chi connectivity index (χ1v) is 11.6. The Morgan fingerprint density at radius 2 is 1.74 bits per heavy atom. The number of nitrogens with zero attached hydrogens (tertiary/aromatic N) is 4. The number of nitrogens with one attached hydrogen (secondary N) is 1. The fraction of sp³-hybridized carbons (Fsp3) is 0.429. The molecule has 2 aromatic rings. The molecule has 1 saturated heterocycles. The molecule has 1 aliphatic heterocycles. The van der Waals surface area contributed by atoms with Gasteiger partial charge in [0.15, 0.2) is 0 Å². The van der Waals surface area contributed by atoms with E-state index in [1.54, 1.807) is 13.8 Å². The van der Waals surface area contributed by atoms with Crippen molar-refractivity contribution in [3.8, 4) is 6.07 Å². The molecule has 0 unspecified atom stereocenters. The van der Waals surface area contributed by atoms with Gasteiger partial charge in [-0.2, -0.15) is 14.7 Å². The predicted octanol–water partition coefficient (Wildman–Crippen LogP) is 1.94. The lowest BCUT2D eigenvalue weighted by Crippen LogP contribution is -2.32. The Balaban J connectivity index is 1.72. The summed E-state index contributed by atoms with van der Waals surface area (Å²) in [6.45, 7) is 3.97. The van der Waals surface area contributed by atoms with Gasteiger partial charge in [0.05, 0.1) is 10.6 Å². The molecule has 0 atom stereocenters. The first-order chi connectivity index (χ1) is 14.7. The van der Waals surface area contributed by atoms with Gasteiger partial charge in [-0.25, -0.2) is 13.1 Å². The number of carbonyl (C=O) groups excluding carboxylic acids is 1. The van der Waals surface area contributed by atoms with Gasteiger partial charge in [0.25, 0.3) is 5.56 Å². The van der Waals surface area contributed by atoms with Crippen LogP contribution in [0, 0.1) is 25.2 Å². The van der Waals surface area contributed by atoms with Crippen molar-refractivity contribution in [3.63, 3.8) is 0 Å². The number of amides is 1. The highest BCUT2D eigenvalue weighted by molar-refractivity contribution is 7.89. The highest BCUT2D eigenvalue weighted by atomic mass is 32.2. The van der Waals surface area contributed by atoms with Crippen LogP contribution in [0.3, 0.4) is 0 Å². The van der Waals surface area contributed by atoms with Crippen molar-refractivity contribution in [2.45, 2.75) is 51.0 Å². The van der Waals surface area contributed by atoms with Gasteiger partial charge in [0.1, 0.15) is 18.2 Å².